The Morgan fingerprint density at radius 3 is 2.60 bits per heavy atom. The lowest BCUT2D eigenvalue weighted by atomic mass is 10.0. The molecule has 2 aromatic heterocycles. The van der Waals surface area contributed by atoms with Gasteiger partial charge in [0.1, 0.15) is 12.4 Å². The molecule has 0 fully saturated rings. The van der Waals surface area contributed by atoms with Crippen molar-refractivity contribution in [2.75, 3.05) is 12.3 Å². The summed E-state index contributed by atoms with van der Waals surface area (Å²) in [5.74, 6) is -1.99. The lowest BCUT2D eigenvalue weighted by molar-refractivity contribution is -0.123. The first-order chi connectivity index (χ1) is 11.7. The van der Waals surface area contributed by atoms with Crippen LogP contribution in [0.1, 0.15) is 10.4 Å². The van der Waals surface area contributed by atoms with Crippen LogP contribution in [0.4, 0.5) is 23.5 Å². The van der Waals surface area contributed by atoms with Gasteiger partial charge in [-0.3, -0.25) is 4.79 Å². The predicted molar refractivity (Wildman–Crippen MR) is 81.2 cm³/mol. The number of nitrogens with one attached hydrogen (secondary N) is 1. The van der Waals surface area contributed by atoms with Crippen LogP contribution in [0, 0.1) is 5.82 Å². The van der Waals surface area contributed by atoms with Gasteiger partial charge < -0.3 is 11.1 Å². The van der Waals surface area contributed by atoms with E-state index in [-0.39, 0.29) is 5.95 Å². The average Bonchev–Trinajstić information content (AvgIpc) is 2.90. The van der Waals surface area contributed by atoms with Crippen molar-refractivity contribution in [2.24, 2.45) is 0 Å². The zero-order valence-corrected chi connectivity index (χ0v) is 12.5. The number of pyridine rings is 1. The SMILES string of the molecule is Nc1nc2ccc(-c3ccc(C(=O)NCC(F)(F)F)c(F)c3)cn2n1. The Hall–Kier alpha value is -3.17. The van der Waals surface area contributed by atoms with Gasteiger partial charge in [-0.15, -0.1) is 5.10 Å². The maximum absolute atomic E-state index is 14.1. The summed E-state index contributed by atoms with van der Waals surface area (Å²) in [6.07, 6.45) is -3.00. The fourth-order valence-electron chi connectivity index (χ4n) is 2.23. The first-order valence-electron chi connectivity index (χ1n) is 7.00. The molecule has 0 spiro atoms. The number of hydrogen-bond donors (Lipinski definition) is 2. The summed E-state index contributed by atoms with van der Waals surface area (Å²) < 4.78 is 51.9. The van der Waals surface area contributed by atoms with Crippen LogP contribution in [0.2, 0.25) is 0 Å². The summed E-state index contributed by atoms with van der Waals surface area (Å²) >= 11 is 0. The first kappa shape index (κ1) is 16.7. The summed E-state index contributed by atoms with van der Waals surface area (Å²) in [5, 5.41) is 5.56. The van der Waals surface area contributed by atoms with Crippen LogP contribution in [0.25, 0.3) is 16.8 Å². The second-order valence-corrected chi connectivity index (χ2v) is 5.18. The number of amides is 1. The monoisotopic (exact) mass is 353 g/mol. The number of halogens is 4. The molecule has 3 N–H and O–H groups in total. The quantitative estimate of drug-likeness (QED) is 0.708. The molecule has 1 amide bonds. The molecule has 0 saturated heterocycles. The maximum Gasteiger partial charge on any atom is 0.405 e. The lowest BCUT2D eigenvalue weighted by Gasteiger charge is -2.10. The number of alkyl halides is 3. The Balaban J connectivity index is 1.86. The molecule has 0 bridgehead atoms. The van der Waals surface area contributed by atoms with E-state index in [0.29, 0.717) is 16.8 Å². The lowest BCUT2D eigenvalue weighted by Crippen LogP contribution is -2.34. The van der Waals surface area contributed by atoms with Crippen molar-refractivity contribution in [3.63, 3.8) is 0 Å². The molecule has 2 heterocycles. The second kappa shape index (κ2) is 6.04. The number of carbonyl (C=O) groups is 1. The summed E-state index contributed by atoms with van der Waals surface area (Å²) in [7, 11) is 0. The molecule has 0 aliphatic heterocycles. The van der Waals surface area contributed by atoms with Gasteiger partial charge in [-0.1, -0.05) is 6.07 Å². The minimum atomic E-state index is -4.57. The van der Waals surface area contributed by atoms with Crippen molar-refractivity contribution in [2.45, 2.75) is 6.18 Å². The van der Waals surface area contributed by atoms with Gasteiger partial charge in [-0.2, -0.15) is 18.2 Å². The molecule has 1 aromatic carbocycles. The summed E-state index contributed by atoms with van der Waals surface area (Å²) in [6, 6.07) is 6.88. The van der Waals surface area contributed by atoms with Gasteiger partial charge in [0.2, 0.25) is 5.95 Å². The fraction of sp³-hybridized carbons (Fsp3) is 0.133. The molecule has 3 rings (SSSR count). The predicted octanol–water partition coefficient (Wildman–Crippen LogP) is 2.41. The Morgan fingerprint density at radius 1 is 1.20 bits per heavy atom. The van der Waals surface area contributed by atoms with E-state index in [2.05, 4.69) is 10.1 Å². The van der Waals surface area contributed by atoms with Crippen molar-refractivity contribution < 1.29 is 22.4 Å². The minimum Gasteiger partial charge on any atom is -0.366 e. The Labute approximate surface area is 138 Å². The van der Waals surface area contributed by atoms with Crippen molar-refractivity contribution in [3.8, 4) is 11.1 Å². The highest BCUT2D eigenvalue weighted by Gasteiger charge is 2.28. The fourth-order valence-corrected chi connectivity index (χ4v) is 2.23. The Bertz CT molecular complexity index is 951. The zero-order valence-electron chi connectivity index (χ0n) is 12.5. The molecule has 0 aliphatic rings. The van der Waals surface area contributed by atoms with Gasteiger partial charge in [0.15, 0.2) is 5.65 Å². The van der Waals surface area contributed by atoms with Gasteiger partial charge in [-0.05, 0) is 29.8 Å². The number of fused-ring (bicyclic) bond motifs is 1. The standard InChI is InChI=1S/C15H11F4N5O/c16-11-5-8(1-3-10(11)13(25)21-7-15(17,18)19)9-2-4-12-22-14(20)23-24(12)6-9/h1-6H,7H2,(H2,20,23)(H,21,25). The number of nitrogen functional groups attached to an aromatic ring is 1. The van der Waals surface area contributed by atoms with E-state index in [1.165, 1.54) is 10.6 Å². The van der Waals surface area contributed by atoms with E-state index in [1.807, 2.05) is 0 Å². The average molecular weight is 353 g/mol. The normalized spacial score (nSPS) is 11.7. The van der Waals surface area contributed by atoms with Crippen molar-refractivity contribution in [1.82, 2.24) is 19.9 Å². The number of carbonyl (C=O) groups excluding carboxylic acids is 1. The van der Waals surface area contributed by atoms with Gasteiger partial charge in [0.25, 0.3) is 5.91 Å². The third-order valence-corrected chi connectivity index (χ3v) is 3.34. The number of benzene rings is 1. The van der Waals surface area contributed by atoms with Crippen LogP contribution in [0.5, 0.6) is 0 Å². The Kier molecular flexibility index (Phi) is 4.03. The summed E-state index contributed by atoms with van der Waals surface area (Å²) in [4.78, 5) is 15.6. The van der Waals surface area contributed by atoms with Crippen molar-refractivity contribution in [3.05, 3.63) is 47.9 Å². The van der Waals surface area contributed by atoms with E-state index in [0.717, 1.165) is 12.1 Å². The van der Waals surface area contributed by atoms with E-state index in [4.69, 9.17) is 5.73 Å². The van der Waals surface area contributed by atoms with E-state index < -0.39 is 30.0 Å². The summed E-state index contributed by atoms with van der Waals surface area (Å²) in [5.41, 5.74) is 6.51. The third kappa shape index (κ3) is 3.67. The van der Waals surface area contributed by atoms with Crippen molar-refractivity contribution >= 4 is 17.5 Å². The highest BCUT2D eigenvalue weighted by atomic mass is 19.4. The molecular formula is C15H11F4N5O. The van der Waals surface area contributed by atoms with E-state index >= 15 is 0 Å². The van der Waals surface area contributed by atoms with Crippen LogP contribution >= 0.6 is 0 Å². The Morgan fingerprint density at radius 2 is 1.92 bits per heavy atom. The molecule has 3 aromatic rings. The summed E-state index contributed by atoms with van der Waals surface area (Å²) in [6.45, 7) is -1.53. The number of nitrogens with two attached hydrogens (primary N) is 1. The number of nitrogens with zero attached hydrogens (tertiary/aromatic N) is 3. The first-order valence-corrected chi connectivity index (χ1v) is 7.00. The molecule has 0 saturated carbocycles. The molecular weight excluding hydrogens is 342 g/mol. The molecule has 0 aliphatic carbocycles. The van der Waals surface area contributed by atoms with Crippen LogP contribution in [-0.2, 0) is 0 Å². The molecule has 130 valence electrons. The molecule has 6 nitrogen and oxygen atoms in total. The molecule has 0 unspecified atom stereocenters. The van der Waals surface area contributed by atoms with Crippen LogP contribution < -0.4 is 11.1 Å². The number of aromatic nitrogens is 3. The van der Waals surface area contributed by atoms with Crippen LogP contribution in [0.15, 0.2) is 36.5 Å². The topological polar surface area (TPSA) is 85.3 Å². The van der Waals surface area contributed by atoms with Crippen LogP contribution in [0.3, 0.4) is 0 Å². The molecule has 0 radical (unpaired) electrons. The van der Waals surface area contributed by atoms with Gasteiger partial charge in [-0.25, -0.2) is 8.91 Å². The van der Waals surface area contributed by atoms with Gasteiger partial charge >= 0.3 is 6.18 Å². The second-order valence-electron chi connectivity index (χ2n) is 5.18. The number of anilines is 1. The maximum atomic E-state index is 14.1. The minimum absolute atomic E-state index is 0.0833. The van der Waals surface area contributed by atoms with Gasteiger partial charge in [0.05, 0.1) is 5.56 Å². The smallest absolute Gasteiger partial charge is 0.366 e. The van der Waals surface area contributed by atoms with E-state index in [1.54, 1.807) is 23.6 Å². The van der Waals surface area contributed by atoms with E-state index in [9.17, 15) is 22.4 Å². The third-order valence-electron chi connectivity index (χ3n) is 3.34. The zero-order chi connectivity index (χ0) is 18.2. The van der Waals surface area contributed by atoms with Crippen molar-refractivity contribution in [1.29, 1.82) is 0 Å². The molecule has 0 atom stereocenters. The van der Waals surface area contributed by atoms with Gasteiger partial charge in [0, 0.05) is 11.8 Å². The molecule has 25 heavy (non-hydrogen) atoms. The number of hydrogen-bond acceptors (Lipinski definition) is 4. The number of rotatable bonds is 3. The molecule has 10 heteroatoms. The largest absolute Gasteiger partial charge is 0.405 e. The highest BCUT2D eigenvalue weighted by molar-refractivity contribution is 5.95. The van der Waals surface area contributed by atoms with Crippen LogP contribution in [-0.4, -0.2) is 33.2 Å². The highest BCUT2D eigenvalue weighted by Crippen LogP contribution is 2.23.